The van der Waals surface area contributed by atoms with E-state index in [2.05, 4.69) is 4.98 Å². The van der Waals surface area contributed by atoms with E-state index in [1.165, 1.54) is 0 Å². The van der Waals surface area contributed by atoms with E-state index >= 15 is 0 Å². The Morgan fingerprint density at radius 3 is 2.56 bits per heavy atom. The highest BCUT2D eigenvalue weighted by Gasteiger charge is 2.55. The number of nitrogens with zero attached hydrogens (tertiary/aromatic N) is 2. The molecule has 6 rings (SSSR count). The Balaban J connectivity index is 1.43. The van der Waals surface area contributed by atoms with E-state index in [0.29, 0.717) is 37.5 Å². The summed E-state index contributed by atoms with van der Waals surface area (Å²) < 4.78 is 5.42. The quantitative estimate of drug-likeness (QED) is 0.613. The molecule has 2 amide bonds. The van der Waals surface area contributed by atoms with Crippen LogP contribution in [0.1, 0.15) is 46.9 Å². The molecule has 2 fully saturated rings. The lowest BCUT2D eigenvalue weighted by Crippen LogP contribution is -2.68. The number of nitrogens with one attached hydrogen (secondary N) is 1. The van der Waals surface area contributed by atoms with Crippen LogP contribution >= 0.6 is 0 Å². The molecule has 1 saturated heterocycles. The summed E-state index contributed by atoms with van der Waals surface area (Å²) in [6.45, 7) is 1.45. The van der Waals surface area contributed by atoms with Crippen molar-refractivity contribution in [3.63, 3.8) is 0 Å². The lowest BCUT2D eigenvalue weighted by atomic mass is 9.68. The molecule has 34 heavy (non-hydrogen) atoms. The lowest BCUT2D eigenvalue weighted by Gasteiger charge is -2.56. The average molecular weight is 460 g/mol. The molecule has 1 spiro atoms. The molecule has 2 aliphatic heterocycles. The molecule has 176 valence electrons. The molecule has 0 bridgehead atoms. The van der Waals surface area contributed by atoms with Crippen LogP contribution in [0.15, 0.2) is 48.5 Å². The van der Waals surface area contributed by atoms with Gasteiger partial charge in [0.2, 0.25) is 5.91 Å². The Morgan fingerprint density at radius 2 is 1.88 bits per heavy atom. The van der Waals surface area contributed by atoms with Gasteiger partial charge in [0.15, 0.2) is 0 Å². The molecule has 2 aromatic carbocycles. The van der Waals surface area contributed by atoms with Gasteiger partial charge in [-0.15, -0.1) is 0 Å². The largest absolute Gasteiger partial charge is 0.497 e. The molecular formula is C27H29N3O4. The standard InChI is InChI=1S/C27H29N3O4/c1-34-19-9-10-20-21(12-19)28-25-22(13-31)30(26(33)18-5-3-2-4-6-18)16-27(24(20)25)14-29(15-27)23(32)11-17-7-8-17/h2-6,9-10,12,17,22,28,31H,7-8,11,13-16H2,1H3/t22-/m0/s1. The number of carbonyl (C=O) groups is 2. The minimum Gasteiger partial charge on any atom is -0.497 e. The van der Waals surface area contributed by atoms with Crippen molar-refractivity contribution in [2.75, 3.05) is 33.4 Å². The topological polar surface area (TPSA) is 85.9 Å². The smallest absolute Gasteiger partial charge is 0.254 e. The number of carbonyl (C=O) groups excluding carboxylic acids is 2. The van der Waals surface area contributed by atoms with Gasteiger partial charge in [-0.05, 0) is 48.6 Å². The number of amides is 2. The van der Waals surface area contributed by atoms with E-state index in [-0.39, 0.29) is 23.8 Å². The predicted octanol–water partition coefficient (Wildman–Crippen LogP) is 3.25. The number of aliphatic hydroxyl groups excluding tert-OH is 1. The van der Waals surface area contributed by atoms with E-state index in [9.17, 15) is 14.7 Å². The normalized spacial score (nSPS) is 20.8. The Bertz CT molecular complexity index is 1260. The van der Waals surface area contributed by atoms with Gasteiger partial charge < -0.3 is 24.6 Å². The fraction of sp³-hybridized carbons (Fsp3) is 0.407. The van der Waals surface area contributed by atoms with Crippen LogP contribution in [0.2, 0.25) is 0 Å². The van der Waals surface area contributed by atoms with Crippen molar-refractivity contribution in [1.82, 2.24) is 14.8 Å². The van der Waals surface area contributed by atoms with Gasteiger partial charge in [0.1, 0.15) is 5.75 Å². The van der Waals surface area contributed by atoms with Crippen LogP contribution < -0.4 is 4.74 Å². The van der Waals surface area contributed by atoms with E-state index in [4.69, 9.17) is 4.74 Å². The maximum Gasteiger partial charge on any atom is 0.254 e. The molecular weight excluding hydrogens is 430 g/mol. The number of methoxy groups -OCH3 is 1. The van der Waals surface area contributed by atoms with E-state index in [1.807, 2.05) is 41.3 Å². The first kappa shape index (κ1) is 21.2. The number of benzene rings is 2. The Kier molecular flexibility index (Phi) is 4.92. The number of hydrogen-bond donors (Lipinski definition) is 2. The number of aliphatic hydroxyl groups is 1. The van der Waals surface area contributed by atoms with Gasteiger partial charge in [-0.1, -0.05) is 18.2 Å². The van der Waals surface area contributed by atoms with Gasteiger partial charge in [-0.25, -0.2) is 0 Å². The average Bonchev–Trinajstić information content (AvgIpc) is 3.57. The van der Waals surface area contributed by atoms with Gasteiger partial charge in [0, 0.05) is 54.3 Å². The van der Waals surface area contributed by atoms with E-state index in [1.54, 1.807) is 24.1 Å². The highest BCUT2D eigenvalue weighted by molar-refractivity contribution is 5.96. The van der Waals surface area contributed by atoms with Gasteiger partial charge in [-0.2, -0.15) is 0 Å². The highest BCUT2D eigenvalue weighted by Crippen LogP contribution is 2.49. The van der Waals surface area contributed by atoms with Crippen molar-refractivity contribution in [2.24, 2.45) is 5.92 Å². The first-order chi connectivity index (χ1) is 16.5. The molecule has 2 N–H and O–H groups in total. The molecule has 1 aromatic heterocycles. The lowest BCUT2D eigenvalue weighted by molar-refractivity contribution is -0.140. The van der Waals surface area contributed by atoms with Crippen LogP contribution in [0.5, 0.6) is 5.75 Å². The van der Waals surface area contributed by atoms with Crippen LogP contribution in [0.25, 0.3) is 10.9 Å². The number of ether oxygens (including phenoxy) is 1. The number of likely N-dealkylation sites (tertiary alicyclic amines) is 1. The van der Waals surface area contributed by atoms with Crippen molar-refractivity contribution < 1.29 is 19.4 Å². The summed E-state index contributed by atoms with van der Waals surface area (Å²) in [6.07, 6.45) is 2.92. The minimum absolute atomic E-state index is 0.108. The molecule has 1 aliphatic carbocycles. The van der Waals surface area contributed by atoms with Crippen molar-refractivity contribution in [3.8, 4) is 5.75 Å². The zero-order valence-corrected chi connectivity index (χ0v) is 19.3. The summed E-state index contributed by atoms with van der Waals surface area (Å²) in [6, 6.07) is 14.7. The Labute approximate surface area is 198 Å². The molecule has 3 heterocycles. The van der Waals surface area contributed by atoms with Gasteiger partial charge in [-0.3, -0.25) is 9.59 Å². The molecule has 0 unspecified atom stereocenters. The number of H-pyrrole nitrogens is 1. The maximum absolute atomic E-state index is 13.6. The van der Waals surface area contributed by atoms with Crippen LogP contribution in [-0.4, -0.2) is 65.1 Å². The van der Waals surface area contributed by atoms with Crippen LogP contribution in [0.4, 0.5) is 0 Å². The fourth-order valence-corrected chi connectivity index (χ4v) is 5.78. The van der Waals surface area contributed by atoms with Crippen LogP contribution in [-0.2, 0) is 10.2 Å². The Morgan fingerprint density at radius 1 is 1.12 bits per heavy atom. The van der Waals surface area contributed by atoms with Crippen LogP contribution in [0.3, 0.4) is 0 Å². The minimum atomic E-state index is -0.483. The third-order valence-corrected chi connectivity index (χ3v) is 7.70. The van der Waals surface area contributed by atoms with Crippen molar-refractivity contribution in [1.29, 1.82) is 0 Å². The second-order valence-electron chi connectivity index (χ2n) is 10.0. The number of hydrogen-bond acceptors (Lipinski definition) is 4. The first-order valence-electron chi connectivity index (χ1n) is 12.0. The molecule has 3 aromatic rings. The van der Waals surface area contributed by atoms with E-state index < -0.39 is 6.04 Å². The zero-order chi connectivity index (χ0) is 23.4. The maximum atomic E-state index is 13.6. The second-order valence-corrected chi connectivity index (χ2v) is 10.0. The molecule has 3 aliphatic rings. The second kappa shape index (κ2) is 7.87. The summed E-state index contributed by atoms with van der Waals surface area (Å²) in [5, 5.41) is 11.5. The number of aromatic amines is 1. The van der Waals surface area contributed by atoms with Gasteiger partial charge >= 0.3 is 0 Å². The number of rotatable bonds is 5. The van der Waals surface area contributed by atoms with Crippen molar-refractivity contribution >= 4 is 22.7 Å². The monoisotopic (exact) mass is 459 g/mol. The van der Waals surface area contributed by atoms with Gasteiger partial charge in [0.25, 0.3) is 5.91 Å². The zero-order valence-electron chi connectivity index (χ0n) is 19.3. The summed E-state index contributed by atoms with van der Waals surface area (Å²) in [5.41, 5.74) is 3.13. The fourth-order valence-electron chi connectivity index (χ4n) is 5.78. The third-order valence-electron chi connectivity index (χ3n) is 7.70. The third kappa shape index (κ3) is 3.29. The van der Waals surface area contributed by atoms with Crippen molar-refractivity contribution in [2.45, 2.75) is 30.7 Å². The Hall–Kier alpha value is -3.32. The highest BCUT2D eigenvalue weighted by atomic mass is 16.5. The first-order valence-corrected chi connectivity index (χ1v) is 12.0. The van der Waals surface area contributed by atoms with Crippen LogP contribution in [0, 0.1) is 5.92 Å². The summed E-state index contributed by atoms with van der Waals surface area (Å²) in [4.78, 5) is 33.7. The van der Waals surface area contributed by atoms with Gasteiger partial charge in [0.05, 0.1) is 25.2 Å². The molecule has 7 heteroatoms. The summed E-state index contributed by atoms with van der Waals surface area (Å²) >= 11 is 0. The van der Waals surface area contributed by atoms with E-state index in [0.717, 1.165) is 40.8 Å². The summed E-state index contributed by atoms with van der Waals surface area (Å²) in [5.74, 6) is 1.39. The molecule has 1 atom stereocenters. The number of fused-ring (bicyclic) bond motifs is 4. The molecule has 1 saturated carbocycles. The van der Waals surface area contributed by atoms with Crippen molar-refractivity contribution in [3.05, 3.63) is 65.4 Å². The molecule has 7 nitrogen and oxygen atoms in total. The molecule has 0 radical (unpaired) electrons. The SMILES string of the molecule is COc1ccc2c3c([nH]c2c1)[C@H](CO)N(C(=O)c1ccccc1)CC31CN(C(=O)CC2CC2)C1. The number of aromatic nitrogens is 1. The summed E-state index contributed by atoms with van der Waals surface area (Å²) in [7, 11) is 1.64. The predicted molar refractivity (Wildman–Crippen MR) is 128 cm³/mol.